The van der Waals surface area contributed by atoms with Crippen molar-refractivity contribution >= 4 is 27.5 Å². The van der Waals surface area contributed by atoms with E-state index in [0.717, 1.165) is 5.56 Å². The fourth-order valence-electron chi connectivity index (χ4n) is 3.62. The van der Waals surface area contributed by atoms with Crippen LogP contribution >= 0.6 is 11.6 Å². The van der Waals surface area contributed by atoms with Crippen molar-refractivity contribution in [2.75, 3.05) is 19.7 Å². The molecule has 1 saturated heterocycles. The molecule has 0 spiro atoms. The molecule has 0 saturated carbocycles. The number of hydrogen-bond acceptors (Lipinski definition) is 4. The second-order valence-corrected chi connectivity index (χ2v) is 9.83. The molecule has 31 heavy (non-hydrogen) atoms. The van der Waals surface area contributed by atoms with Gasteiger partial charge in [-0.2, -0.15) is 4.31 Å². The molecule has 1 aliphatic rings. The molecule has 1 fully saturated rings. The van der Waals surface area contributed by atoms with Crippen LogP contribution in [0.5, 0.6) is 5.75 Å². The van der Waals surface area contributed by atoms with Crippen molar-refractivity contribution in [3.63, 3.8) is 0 Å². The molecule has 9 heteroatoms. The highest BCUT2D eigenvalue weighted by Gasteiger charge is 2.34. The van der Waals surface area contributed by atoms with Crippen LogP contribution in [0, 0.1) is 11.7 Å². The molecule has 1 atom stereocenters. The second-order valence-electron chi connectivity index (χ2n) is 7.48. The number of benzene rings is 2. The Labute approximate surface area is 187 Å². The van der Waals surface area contributed by atoms with Gasteiger partial charge in [0.1, 0.15) is 16.5 Å². The number of halogens is 2. The number of piperidine rings is 1. The smallest absolute Gasteiger partial charge is 0.246 e. The van der Waals surface area contributed by atoms with Gasteiger partial charge in [-0.3, -0.25) is 4.79 Å². The maximum atomic E-state index is 13.2. The third kappa shape index (κ3) is 5.56. The van der Waals surface area contributed by atoms with Crippen LogP contribution in [0.1, 0.15) is 38.3 Å². The molecule has 6 nitrogen and oxygen atoms in total. The zero-order valence-corrected chi connectivity index (χ0v) is 19.0. The lowest BCUT2D eigenvalue weighted by Crippen LogP contribution is -2.43. The van der Waals surface area contributed by atoms with Crippen molar-refractivity contribution in [2.24, 2.45) is 5.92 Å². The van der Waals surface area contributed by atoms with Crippen LogP contribution in [-0.2, 0) is 14.8 Å². The Hall–Kier alpha value is -2.16. The van der Waals surface area contributed by atoms with Gasteiger partial charge in [0.25, 0.3) is 0 Å². The molecular formula is C22H26ClFN2O4S. The number of rotatable bonds is 7. The Balaban J connectivity index is 1.64. The summed E-state index contributed by atoms with van der Waals surface area (Å²) in [5.41, 5.74) is 0.805. The van der Waals surface area contributed by atoms with E-state index in [1.807, 2.05) is 6.92 Å². The summed E-state index contributed by atoms with van der Waals surface area (Å²) in [6.45, 7) is 4.40. The van der Waals surface area contributed by atoms with Gasteiger partial charge in [0.05, 0.1) is 12.6 Å². The number of carbonyl (C=O) groups excluding carboxylic acids is 1. The number of hydrogen-bond donors (Lipinski definition) is 1. The summed E-state index contributed by atoms with van der Waals surface area (Å²) in [4.78, 5) is 12.7. The summed E-state index contributed by atoms with van der Waals surface area (Å²) in [5, 5.41) is 3.25. The molecule has 1 N–H and O–H groups in total. The molecule has 0 aromatic heterocycles. The average Bonchev–Trinajstić information content (AvgIpc) is 2.75. The molecule has 1 aliphatic heterocycles. The van der Waals surface area contributed by atoms with E-state index in [9.17, 15) is 17.6 Å². The van der Waals surface area contributed by atoms with Crippen molar-refractivity contribution in [2.45, 2.75) is 37.6 Å². The molecule has 0 unspecified atom stereocenters. The van der Waals surface area contributed by atoms with Gasteiger partial charge < -0.3 is 10.1 Å². The monoisotopic (exact) mass is 468 g/mol. The Morgan fingerprint density at radius 3 is 2.48 bits per heavy atom. The van der Waals surface area contributed by atoms with Crippen molar-refractivity contribution in [1.29, 1.82) is 0 Å². The van der Waals surface area contributed by atoms with E-state index in [1.54, 1.807) is 31.2 Å². The van der Waals surface area contributed by atoms with Crippen LogP contribution in [0.2, 0.25) is 5.02 Å². The van der Waals surface area contributed by atoms with Crippen LogP contribution < -0.4 is 10.1 Å². The van der Waals surface area contributed by atoms with Gasteiger partial charge in [-0.25, -0.2) is 12.8 Å². The van der Waals surface area contributed by atoms with Crippen LogP contribution in [0.15, 0.2) is 47.4 Å². The predicted octanol–water partition coefficient (Wildman–Crippen LogP) is 4.16. The van der Waals surface area contributed by atoms with Gasteiger partial charge in [0.2, 0.25) is 15.9 Å². The number of carbonyl (C=O) groups is 1. The van der Waals surface area contributed by atoms with Crippen LogP contribution in [0.4, 0.5) is 4.39 Å². The first kappa shape index (κ1) is 23.5. The zero-order valence-electron chi connectivity index (χ0n) is 17.5. The highest BCUT2D eigenvalue weighted by molar-refractivity contribution is 7.89. The summed E-state index contributed by atoms with van der Waals surface area (Å²) < 4.78 is 46.2. The van der Waals surface area contributed by atoms with Crippen molar-refractivity contribution in [1.82, 2.24) is 9.62 Å². The Bertz CT molecular complexity index is 1020. The highest BCUT2D eigenvalue weighted by Crippen LogP contribution is 2.32. The number of amides is 1. The Morgan fingerprint density at radius 1 is 1.23 bits per heavy atom. The number of ether oxygens (including phenoxy) is 1. The first-order valence-electron chi connectivity index (χ1n) is 10.2. The van der Waals surface area contributed by atoms with E-state index in [0.29, 0.717) is 24.5 Å². The fraction of sp³-hybridized carbons (Fsp3) is 0.409. The first-order valence-corrected chi connectivity index (χ1v) is 12.0. The topological polar surface area (TPSA) is 75.7 Å². The van der Waals surface area contributed by atoms with Crippen molar-refractivity contribution < 1.29 is 22.3 Å². The van der Waals surface area contributed by atoms with E-state index in [2.05, 4.69) is 5.32 Å². The summed E-state index contributed by atoms with van der Waals surface area (Å²) in [7, 11) is -3.80. The molecule has 1 heterocycles. The van der Waals surface area contributed by atoms with Gasteiger partial charge in [-0.1, -0.05) is 23.7 Å². The van der Waals surface area contributed by atoms with Crippen LogP contribution in [0.25, 0.3) is 0 Å². The summed E-state index contributed by atoms with van der Waals surface area (Å²) in [6.07, 6.45) is 0.817. The Morgan fingerprint density at radius 2 is 1.87 bits per heavy atom. The molecule has 0 radical (unpaired) electrons. The molecular weight excluding hydrogens is 443 g/mol. The third-order valence-electron chi connectivity index (χ3n) is 5.38. The number of sulfonamides is 1. The normalized spacial score (nSPS) is 16.6. The van der Waals surface area contributed by atoms with Crippen molar-refractivity contribution in [3.8, 4) is 5.75 Å². The second kappa shape index (κ2) is 9.97. The molecule has 0 aliphatic carbocycles. The van der Waals surface area contributed by atoms with Gasteiger partial charge in [-0.15, -0.1) is 0 Å². The summed E-state index contributed by atoms with van der Waals surface area (Å²) >= 11 is 6.02. The lowest BCUT2D eigenvalue weighted by Gasteiger charge is -2.31. The highest BCUT2D eigenvalue weighted by atomic mass is 35.5. The molecule has 2 aromatic rings. The summed E-state index contributed by atoms with van der Waals surface area (Å²) in [5.74, 6) is -0.491. The van der Waals surface area contributed by atoms with Crippen LogP contribution in [0.3, 0.4) is 0 Å². The van der Waals surface area contributed by atoms with Gasteiger partial charge in [0, 0.05) is 24.0 Å². The predicted molar refractivity (Wildman–Crippen MR) is 117 cm³/mol. The van der Waals surface area contributed by atoms with Crippen LogP contribution in [-0.4, -0.2) is 38.3 Å². The minimum absolute atomic E-state index is 0.0367. The van der Waals surface area contributed by atoms with E-state index in [1.165, 1.54) is 22.5 Å². The van der Waals surface area contributed by atoms with Gasteiger partial charge >= 0.3 is 0 Å². The fourth-order valence-corrected chi connectivity index (χ4v) is 5.49. The minimum Gasteiger partial charge on any atom is -0.492 e. The molecule has 3 rings (SSSR count). The standard InChI is InChI=1S/C22H26ClFN2O4S/c1-3-30-20-9-6-18(23)14-21(20)31(28,29)26-12-10-17(11-13-26)22(27)25-15(2)16-4-7-19(24)8-5-16/h4-9,14-15,17H,3,10-13H2,1-2H3,(H,25,27)/t15-/m0/s1. The maximum absolute atomic E-state index is 13.2. The molecule has 2 aromatic carbocycles. The molecule has 1 amide bonds. The summed E-state index contributed by atoms with van der Waals surface area (Å²) in [6, 6.07) is 10.2. The largest absolute Gasteiger partial charge is 0.492 e. The van der Waals surface area contributed by atoms with E-state index >= 15 is 0 Å². The first-order chi connectivity index (χ1) is 14.7. The maximum Gasteiger partial charge on any atom is 0.246 e. The average molecular weight is 469 g/mol. The SMILES string of the molecule is CCOc1ccc(Cl)cc1S(=O)(=O)N1CCC(C(=O)N[C@@H](C)c2ccc(F)cc2)CC1. The van der Waals surface area contributed by atoms with Gasteiger partial charge in [0.15, 0.2) is 0 Å². The third-order valence-corrected chi connectivity index (χ3v) is 7.53. The van der Waals surface area contributed by atoms with E-state index < -0.39 is 10.0 Å². The Kier molecular flexibility index (Phi) is 7.56. The zero-order chi connectivity index (χ0) is 22.6. The van der Waals surface area contributed by atoms with E-state index in [4.69, 9.17) is 16.3 Å². The minimum atomic E-state index is -3.80. The lowest BCUT2D eigenvalue weighted by molar-refractivity contribution is -0.126. The quantitative estimate of drug-likeness (QED) is 0.662. The number of nitrogens with one attached hydrogen (secondary N) is 1. The molecule has 168 valence electrons. The lowest BCUT2D eigenvalue weighted by atomic mass is 9.96. The molecule has 0 bridgehead atoms. The van der Waals surface area contributed by atoms with E-state index in [-0.39, 0.29) is 47.4 Å². The van der Waals surface area contributed by atoms with Crippen molar-refractivity contribution in [3.05, 3.63) is 58.9 Å². The number of nitrogens with zero attached hydrogens (tertiary/aromatic N) is 1. The van der Waals surface area contributed by atoms with Gasteiger partial charge in [-0.05, 0) is 62.6 Å².